The fourth-order valence-corrected chi connectivity index (χ4v) is 1.77. The van der Waals surface area contributed by atoms with Gasteiger partial charge in [0.05, 0.1) is 5.56 Å². The lowest BCUT2D eigenvalue weighted by atomic mass is 10.1. The van der Waals surface area contributed by atoms with Crippen molar-refractivity contribution in [3.63, 3.8) is 0 Å². The molecule has 19 heavy (non-hydrogen) atoms. The topological polar surface area (TPSA) is 32.3 Å². The fourth-order valence-electron chi connectivity index (χ4n) is 1.77. The lowest BCUT2D eigenvalue weighted by Gasteiger charge is -2.23. The summed E-state index contributed by atoms with van der Waals surface area (Å²) < 4.78 is 37.2. The second-order valence-electron chi connectivity index (χ2n) is 4.23. The van der Waals surface area contributed by atoms with Gasteiger partial charge in [0.15, 0.2) is 0 Å². The van der Waals surface area contributed by atoms with Crippen LogP contribution in [0.1, 0.15) is 22.8 Å². The van der Waals surface area contributed by atoms with E-state index in [2.05, 4.69) is 5.32 Å². The maximum atomic E-state index is 12.4. The zero-order valence-electron chi connectivity index (χ0n) is 11.1. The van der Waals surface area contributed by atoms with E-state index < -0.39 is 18.6 Å². The Morgan fingerprint density at radius 3 is 2.47 bits per heavy atom. The number of alkyl halides is 3. The first-order valence-corrected chi connectivity index (χ1v) is 5.93. The summed E-state index contributed by atoms with van der Waals surface area (Å²) in [5.41, 5.74) is 1.71. The number of amides is 1. The first-order chi connectivity index (χ1) is 8.78. The largest absolute Gasteiger partial charge is 0.406 e. The molecule has 1 aromatic rings. The molecular formula is C13H17F3N2O. The number of halogens is 3. The van der Waals surface area contributed by atoms with E-state index >= 15 is 0 Å². The van der Waals surface area contributed by atoms with Crippen LogP contribution in [-0.2, 0) is 0 Å². The van der Waals surface area contributed by atoms with Gasteiger partial charge in [0.2, 0.25) is 0 Å². The van der Waals surface area contributed by atoms with Crippen molar-refractivity contribution in [2.45, 2.75) is 20.0 Å². The van der Waals surface area contributed by atoms with Crippen molar-refractivity contribution in [2.75, 3.05) is 25.5 Å². The number of hydrogen-bond donors (Lipinski definition) is 1. The molecule has 0 spiro atoms. The molecule has 3 nitrogen and oxygen atoms in total. The van der Waals surface area contributed by atoms with E-state index in [0.29, 0.717) is 5.69 Å². The van der Waals surface area contributed by atoms with Crippen molar-refractivity contribution in [1.82, 2.24) is 4.90 Å². The first-order valence-electron chi connectivity index (χ1n) is 5.93. The molecule has 0 aliphatic carbocycles. The van der Waals surface area contributed by atoms with Crippen molar-refractivity contribution in [1.29, 1.82) is 0 Å². The van der Waals surface area contributed by atoms with Crippen LogP contribution in [0.25, 0.3) is 0 Å². The SMILES string of the molecule is CCN(CC(F)(F)F)C(=O)c1ccc(C)cc1NC. The van der Waals surface area contributed by atoms with E-state index in [0.717, 1.165) is 10.5 Å². The minimum absolute atomic E-state index is 0.00930. The van der Waals surface area contributed by atoms with Crippen LogP contribution in [0.15, 0.2) is 18.2 Å². The number of nitrogens with one attached hydrogen (secondary N) is 1. The number of carbonyl (C=O) groups excluding carboxylic acids is 1. The van der Waals surface area contributed by atoms with Crippen molar-refractivity contribution in [3.8, 4) is 0 Å². The van der Waals surface area contributed by atoms with Crippen LogP contribution in [0.3, 0.4) is 0 Å². The highest BCUT2D eigenvalue weighted by Gasteiger charge is 2.33. The number of anilines is 1. The number of hydrogen-bond acceptors (Lipinski definition) is 2. The molecule has 1 aromatic carbocycles. The lowest BCUT2D eigenvalue weighted by Crippen LogP contribution is -2.39. The number of carbonyl (C=O) groups is 1. The van der Waals surface area contributed by atoms with Crippen LogP contribution in [-0.4, -0.2) is 37.1 Å². The Kier molecular flexibility index (Phi) is 4.80. The third-order valence-corrected chi connectivity index (χ3v) is 2.71. The van der Waals surface area contributed by atoms with Crippen LogP contribution >= 0.6 is 0 Å². The van der Waals surface area contributed by atoms with Gasteiger partial charge in [-0.25, -0.2) is 0 Å². The van der Waals surface area contributed by atoms with Gasteiger partial charge in [-0.2, -0.15) is 13.2 Å². The van der Waals surface area contributed by atoms with E-state index in [1.807, 2.05) is 6.92 Å². The molecule has 106 valence electrons. The minimum atomic E-state index is -4.39. The van der Waals surface area contributed by atoms with E-state index in [4.69, 9.17) is 0 Å². The average molecular weight is 274 g/mol. The summed E-state index contributed by atoms with van der Waals surface area (Å²) in [6.07, 6.45) is -4.39. The fraction of sp³-hybridized carbons (Fsp3) is 0.462. The van der Waals surface area contributed by atoms with Gasteiger partial charge < -0.3 is 10.2 Å². The van der Waals surface area contributed by atoms with Crippen molar-refractivity contribution >= 4 is 11.6 Å². The molecule has 1 rings (SSSR count). The maximum absolute atomic E-state index is 12.4. The van der Waals surface area contributed by atoms with Gasteiger partial charge in [-0.3, -0.25) is 4.79 Å². The van der Waals surface area contributed by atoms with Crippen molar-refractivity contribution in [3.05, 3.63) is 29.3 Å². The van der Waals surface area contributed by atoms with Gasteiger partial charge in [-0.1, -0.05) is 6.07 Å². The summed E-state index contributed by atoms with van der Waals surface area (Å²) in [5, 5.41) is 2.83. The Morgan fingerprint density at radius 1 is 1.37 bits per heavy atom. The van der Waals surface area contributed by atoms with Crippen LogP contribution in [0, 0.1) is 6.92 Å². The van der Waals surface area contributed by atoms with Gasteiger partial charge in [-0.15, -0.1) is 0 Å². The third-order valence-electron chi connectivity index (χ3n) is 2.71. The second kappa shape index (κ2) is 5.95. The maximum Gasteiger partial charge on any atom is 0.406 e. The van der Waals surface area contributed by atoms with Crippen LogP contribution in [0.2, 0.25) is 0 Å². The molecule has 0 heterocycles. The van der Waals surface area contributed by atoms with Gasteiger partial charge in [0.25, 0.3) is 5.91 Å². The molecule has 0 saturated heterocycles. The van der Waals surface area contributed by atoms with Gasteiger partial charge in [0.1, 0.15) is 6.54 Å². The van der Waals surface area contributed by atoms with E-state index in [-0.39, 0.29) is 12.1 Å². The highest BCUT2D eigenvalue weighted by atomic mass is 19.4. The molecule has 0 fully saturated rings. The number of aryl methyl sites for hydroxylation is 1. The normalized spacial score (nSPS) is 11.3. The molecule has 0 radical (unpaired) electrons. The summed E-state index contributed by atoms with van der Waals surface area (Å²) >= 11 is 0. The summed E-state index contributed by atoms with van der Waals surface area (Å²) in [6.45, 7) is 2.15. The Bertz CT molecular complexity index is 458. The monoisotopic (exact) mass is 274 g/mol. The molecule has 0 atom stereocenters. The number of benzene rings is 1. The highest BCUT2D eigenvalue weighted by molar-refractivity contribution is 5.99. The molecule has 0 aliphatic heterocycles. The molecule has 1 amide bonds. The number of rotatable bonds is 4. The first kappa shape index (κ1) is 15.3. The Hall–Kier alpha value is -1.72. The molecule has 1 N–H and O–H groups in total. The predicted octanol–water partition coefficient (Wildman–Crippen LogP) is 3.06. The summed E-state index contributed by atoms with van der Waals surface area (Å²) in [6, 6.07) is 4.98. The van der Waals surface area contributed by atoms with E-state index in [1.165, 1.54) is 6.92 Å². The zero-order valence-corrected chi connectivity index (χ0v) is 11.1. The number of nitrogens with zero attached hydrogens (tertiary/aromatic N) is 1. The van der Waals surface area contributed by atoms with Crippen LogP contribution < -0.4 is 5.32 Å². The van der Waals surface area contributed by atoms with Gasteiger partial charge >= 0.3 is 6.18 Å². The summed E-state index contributed by atoms with van der Waals surface area (Å²) in [4.78, 5) is 12.9. The Morgan fingerprint density at radius 2 is 2.00 bits per heavy atom. The molecular weight excluding hydrogens is 257 g/mol. The predicted molar refractivity (Wildman–Crippen MR) is 68.4 cm³/mol. The molecule has 0 aliphatic rings. The summed E-state index contributed by atoms with van der Waals surface area (Å²) in [7, 11) is 1.63. The third kappa shape index (κ3) is 4.15. The average Bonchev–Trinajstić information content (AvgIpc) is 2.33. The molecule has 6 heteroatoms. The Labute approximate surface area is 110 Å². The zero-order chi connectivity index (χ0) is 14.6. The van der Waals surface area contributed by atoms with Crippen molar-refractivity contribution in [2.24, 2.45) is 0 Å². The Balaban J connectivity index is 3.04. The molecule has 0 aromatic heterocycles. The second-order valence-corrected chi connectivity index (χ2v) is 4.23. The standard InChI is InChI=1S/C13H17F3N2O/c1-4-18(8-13(14,15)16)12(19)10-6-5-9(2)7-11(10)17-3/h5-7,17H,4,8H2,1-3H3. The smallest absolute Gasteiger partial charge is 0.387 e. The van der Waals surface area contributed by atoms with Crippen LogP contribution in [0.5, 0.6) is 0 Å². The van der Waals surface area contributed by atoms with Gasteiger partial charge in [-0.05, 0) is 31.5 Å². The highest BCUT2D eigenvalue weighted by Crippen LogP contribution is 2.22. The van der Waals surface area contributed by atoms with E-state index in [1.54, 1.807) is 25.2 Å². The summed E-state index contributed by atoms with van der Waals surface area (Å²) in [5.74, 6) is -0.621. The quantitative estimate of drug-likeness (QED) is 0.915. The lowest BCUT2D eigenvalue weighted by molar-refractivity contribution is -0.140. The van der Waals surface area contributed by atoms with E-state index in [9.17, 15) is 18.0 Å². The van der Waals surface area contributed by atoms with Crippen molar-refractivity contribution < 1.29 is 18.0 Å². The molecule has 0 unspecified atom stereocenters. The minimum Gasteiger partial charge on any atom is -0.387 e. The molecule has 0 saturated carbocycles. The molecule has 0 bridgehead atoms. The van der Waals surface area contributed by atoms with Gasteiger partial charge in [0, 0.05) is 19.3 Å². The van der Waals surface area contributed by atoms with Crippen LogP contribution in [0.4, 0.5) is 18.9 Å².